The standard InChI is InChI=1S/C33H39N3O7/c1-35(2)22-16-18(13-9-8-12-17-10-6-5-7-11-17)27(37)24-20(22)14-19-15-21-26(36(3)4)29(39)25(32(34)42)31(41)33(21,43)30(40)23(19)28(24)38/h5-7,10-11,16,19,21,26,37-38,41,43H,8-9,12-15H2,1-4H3,(H2,34,42)/t19-,21-,26-,33-/m0/s1. The lowest BCUT2D eigenvalue weighted by Gasteiger charge is -2.50. The van der Waals surface area contributed by atoms with E-state index in [9.17, 15) is 34.8 Å². The molecular weight excluding hydrogens is 550 g/mol. The molecule has 3 aliphatic rings. The van der Waals surface area contributed by atoms with Gasteiger partial charge in [-0.15, -0.1) is 0 Å². The number of aliphatic hydroxyl groups is 3. The molecule has 0 unspecified atom stereocenters. The number of hydrogen-bond acceptors (Lipinski definition) is 9. The maximum atomic E-state index is 14.1. The zero-order valence-corrected chi connectivity index (χ0v) is 24.9. The number of carbonyl (C=O) groups is 3. The number of fused-ring (bicyclic) bond motifs is 3. The van der Waals surface area contributed by atoms with Crippen LogP contribution in [0.3, 0.4) is 0 Å². The van der Waals surface area contributed by atoms with Crippen LogP contribution in [0.2, 0.25) is 0 Å². The number of phenolic OH excluding ortho intramolecular Hbond substituents is 1. The van der Waals surface area contributed by atoms with Gasteiger partial charge in [-0.25, -0.2) is 0 Å². The van der Waals surface area contributed by atoms with Gasteiger partial charge in [0, 0.05) is 31.3 Å². The first-order valence-electron chi connectivity index (χ1n) is 14.5. The molecule has 0 spiro atoms. The second kappa shape index (κ2) is 11.2. The zero-order valence-electron chi connectivity index (χ0n) is 24.9. The van der Waals surface area contributed by atoms with Crippen LogP contribution >= 0.6 is 0 Å². The average Bonchev–Trinajstić information content (AvgIpc) is 2.94. The van der Waals surface area contributed by atoms with Crippen LogP contribution in [0.15, 0.2) is 53.3 Å². The van der Waals surface area contributed by atoms with Gasteiger partial charge in [-0.1, -0.05) is 30.3 Å². The lowest BCUT2D eigenvalue weighted by atomic mass is 9.57. The molecule has 2 aromatic carbocycles. The van der Waals surface area contributed by atoms with Crippen molar-refractivity contribution in [3.8, 4) is 5.75 Å². The number of hydrogen-bond donors (Lipinski definition) is 5. The number of aromatic hydroxyl groups is 1. The second-order valence-electron chi connectivity index (χ2n) is 12.3. The Morgan fingerprint density at radius 3 is 2.28 bits per heavy atom. The van der Waals surface area contributed by atoms with E-state index in [2.05, 4.69) is 12.1 Å². The number of primary amides is 1. The molecule has 6 N–H and O–H groups in total. The number of unbranched alkanes of at least 4 members (excludes halogenated alkanes) is 1. The van der Waals surface area contributed by atoms with Crippen LogP contribution in [-0.4, -0.2) is 82.6 Å². The van der Waals surface area contributed by atoms with Crippen molar-refractivity contribution in [1.29, 1.82) is 0 Å². The summed E-state index contributed by atoms with van der Waals surface area (Å²) in [5.74, 6) is -6.44. The van der Waals surface area contributed by atoms with Crippen molar-refractivity contribution in [3.05, 3.63) is 75.6 Å². The average molecular weight is 590 g/mol. The molecule has 1 fully saturated rings. The van der Waals surface area contributed by atoms with Crippen LogP contribution < -0.4 is 10.6 Å². The number of phenols is 1. The number of carbonyl (C=O) groups excluding carboxylic acids is 3. The van der Waals surface area contributed by atoms with Gasteiger partial charge in [-0.05, 0) is 81.3 Å². The van der Waals surface area contributed by atoms with Crippen molar-refractivity contribution in [2.24, 2.45) is 17.6 Å². The fraction of sp³-hybridized carbons (Fsp3) is 0.424. The molecule has 3 aliphatic carbocycles. The first kappa shape index (κ1) is 30.3. The molecule has 0 aromatic heterocycles. The quantitative estimate of drug-likeness (QED) is 0.230. The first-order valence-corrected chi connectivity index (χ1v) is 14.5. The number of likely N-dealkylation sites (N-methyl/N-ethyl adjacent to an activating group) is 1. The van der Waals surface area contributed by atoms with E-state index in [1.54, 1.807) is 14.1 Å². The van der Waals surface area contributed by atoms with Gasteiger partial charge >= 0.3 is 0 Å². The van der Waals surface area contributed by atoms with E-state index in [4.69, 9.17) is 5.73 Å². The smallest absolute Gasteiger partial charge is 0.255 e. The molecule has 0 aliphatic heterocycles. The highest BCUT2D eigenvalue weighted by atomic mass is 16.3. The monoisotopic (exact) mass is 589 g/mol. The third kappa shape index (κ3) is 4.78. The highest BCUT2D eigenvalue weighted by Crippen LogP contribution is 2.54. The Morgan fingerprint density at radius 2 is 1.67 bits per heavy atom. The van der Waals surface area contributed by atoms with E-state index in [0.29, 0.717) is 17.5 Å². The summed E-state index contributed by atoms with van der Waals surface area (Å²) in [5, 5.41) is 46.0. The molecule has 0 saturated heterocycles. The van der Waals surface area contributed by atoms with E-state index in [1.165, 1.54) is 10.5 Å². The highest BCUT2D eigenvalue weighted by Gasteiger charge is 2.64. The van der Waals surface area contributed by atoms with Crippen LogP contribution in [-0.2, 0) is 33.6 Å². The van der Waals surface area contributed by atoms with Gasteiger partial charge in [0.05, 0.1) is 11.6 Å². The van der Waals surface area contributed by atoms with E-state index < -0.39 is 58.0 Å². The Labute approximate surface area is 250 Å². The molecule has 0 heterocycles. The number of aryl methyl sites for hydroxylation is 2. The SMILES string of the molecule is CN(C)c1cc(CCCCc2ccccc2)c(O)c2c1C[C@H]1C[C@H]3[C@H](N(C)C)C(=O)C(C(N)=O)=C(O)[C@@]3(O)C(=O)C1=C2O. The van der Waals surface area contributed by atoms with Crippen LogP contribution in [0.4, 0.5) is 5.69 Å². The maximum absolute atomic E-state index is 14.1. The van der Waals surface area contributed by atoms with Crippen molar-refractivity contribution in [3.63, 3.8) is 0 Å². The molecule has 5 rings (SSSR count). The van der Waals surface area contributed by atoms with Crippen molar-refractivity contribution in [2.75, 3.05) is 33.1 Å². The zero-order chi connectivity index (χ0) is 31.4. The van der Waals surface area contributed by atoms with Crippen molar-refractivity contribution in [2.45, 2.75) is 50.2 Å². The number of benzene rings is 2. The lowest BCUT2D eigenvalue weighted by molar-refractivity contribution is -0.153. The van der Waals surface area contributed by atoms with Crippen LogP contribution in [0.5, 0.6) is 5.75 Å². The second-order valence-corrected chi connectivity index (χ2v) is 12.3. The molecule has 10 nitrogen and oxygen atoms in total. The highest BCUT2D eigenvalue weighted by molar-refractivity contribution is 6.24. The van der Waals surface area contributed by atoms with Gasteiger partial charge in [-0.3, -0.25) is 19.3 Å². The molecule has 228 valence electrons. The van der Waals surface area contributed by atoms with Gasteiger partial charge in [-0.2, -0.15) is 0 Å². The fourth-order valence-electron chi connectivity index (χ4n) is 7.22. The van der Waals surface area contributed by atoms with Crippen molar-refractivity contribution >= 4 is 28.9 Å². The normalized spacial score (nSPS) is 25.0. The number of nitrogens with two attached hydrogens (primary N) is 1. The van der Waals surface area contributed by atoms with Gasteiger partial charge in [0.25, 0.3) is 5.91 Å². The number of nitrogens with zero attached hydrogens (tertiary/aromatic N) is 2. The molecule has 1 saturated carbocycles. The van der Waals surface area contributed by atoms with Gasteiger partial charge in [0.1, 0.15) is 22.8 Å². The third-order valence-electron chi connectivity index (χ3n) is 9.26. The number of amides is 1. The van der Waals surface area contributed by atoms with E-state index in [1.807, 2.05) is 43.3 Å². The molecule has 0 bridgehead atoms. The van der Waals surface area contributed by atoms with Crippen molar-refractivity contribution < 1.29 is 34.8 Å². The van der Waals surface area contributed by atoms with Crippen molar-refractivity contribution in [1.82, 2.24) is 4.90 Å². The summed E-state index contributed by atoms with van der Waals surface area (Å²) in [6.07, 6.45) is 3.41. The predicted octanol–water partition coefficient (Wildman–Crippen LogP) is 2.60. The number of Topliss-reactive ketones (excluding diaryl/α,β-unsaturated/α-hetero) is 2. The number of ketones is 2. The van der Waals surface area contributed by atoms with Crippen LogP contribution in [0.1, 0.15) is 41.5 Å². The van der Waals surface area contributed by atoms with Gasteiger partial charge < -0.3 is 31.1 Å². The summed E-state index contributed by atoms with van der Waals surface area (Å²) in [6.45, 7) is 0. The summed E-state index contributed by atoms with van der Waals surface area (Å²) in [7, 11) is 6.89. The number of anilines is 1. The third-order valence-corrected chi connectivity index (χ3v) is 9.26. The van der Waals surface area contributed by atoms with Crippen LogP contribution in [0.25, 0.3) is 5.76 Å². The molecule has 1 amide bonds. The molecule has 43 heavy (non-hydrogen) atoms. The maximum Gasteiger partial charge on any atom is 0.255 e. The lowest BCUT2D eigenvalue weighted by Crippen LogP contribution is -2.65. The van der Waals surface area contributed by atoms with E-state index in [0.717, 1.165) is 24.9 Å². The minimum atomic E-state index is -2.65. The Balaban J connectivity index is 1.58. The summed E-state index contributed by atoms with van der Waals surface area (Å²) in [5.41, 5.74) is 5.20. The topological polar surface area (TPSA) is 165 Å². The van der Waals surface area contributed by atoms with Gasteiger partial charge in [0.15, 0.2) is 11.4 Å². The Kier molecular flexibility index (Phi) is 7.87. The Morgan fingerprint density at radius 1 is 1.02 bits per heavy atom. The largest absolute Gasteiger partial charge is 0.508 e. The minimum Gasteiger partial charge on any atom is -0.508 e. The Bertz CT molecular complexity index is 1560. The summed E-state index contributed by atoms with van der Waals surface area (Å²) < 4.78 is 0. The molecule has 2 aromatic rings. The number of aliphatic hydroxyl groups excluding tert-OH is 2. The first-order chi connectivity index (χ1) is 20.3. The van der Waals surface area contributed by atoms with Gasteiger partial charge in [0.2, 0.25) is 5.78 Å². The Hall–Kier alpha value is -4.15. The van der Waals surface area contributed by atoms with E-state index >= 15 is 0 Å². The summed E-state index contributed by atoms with van der Waals surface area (Å²) in [4.78, 5) is 43.0. The molecule has 0 radical (unpaired) electrons. The fourth-order valence-corrected chi connectivity index (χ4v) is 7.22. The summed E-state index contributed by atoms with van der Waals surface area (Å²) >= 11 is 0. The van der Waals surface area contributed by atoms with Crippen LogP contribution in [0, 0.1) is 11.8 Å². The molecular formula is C33H39N3O7. The molecule has 4 atom stereocenters. The molecule has 10 heteroatoms. The van der Waals surface area contributed by atoms with E-state index in [-0.39, 0.29) is 29.7 Å². The number of rotatable bonds is 8. The predicted molar refractivity (Wildman–Crippen MR) is 162 cm³/mol. The minimum absolute atomic E-state index is 0.0562. The summed E-state index contributed by atoms with van der Waals surface area (Å²) in [6, 6.07) is 10.9.